The predicted molar refractivity (Wildman–Crippen MR) is 99.8 cm³/mol. The Balaban J connectivity index is 1.50. The van der Waals surface area contributed by atoms with Gasteiger partial charge >= 0.3 is 0 Å². The third-order valence-corrected chi connectivity index (χ3v) is 4.23. The molecule has 0 aliphatic carbocycles. The minimum absolute atomic E-state index is 0.126. The molecule has 142 valence electrons. The molecule has 1 aliphatic heterocycles. The fourth-order valence-corrected chi connectivity index (χ4v) is 2.80. The van der Waals surface area contributed by atoms with Gasteiger partial charge in [-0.05, 0) is 56.9 Å². The van der Waals surface area contributed by atoms with Crippen molar-refractivity contribution in [2.45, 2.75) is 45.0 Å². The molecule has 1 aliphatic rings. The maximum Gasteiger partial charge on any atom is 0.289 e. The van der Waals surface area contributed by atoms with E-state index in [1.807, 2.05) is 18.2 Å². The molecular formula is C21H24N2O4. The molecular weight excluding hydrogens is 344 g/mol. The Kier molecular flexibility index (Phi) is 5.94. The fraction of sp³-hybridized carbons (Fsp3) is 0.429. The van der Waals surface area contributed by atoms with Crippen molar-refractivity contribution < 1.29 is 19.1 Å². The molecule has 0 spiro atoms. The summed E-state index contributed by atoms with van der Waals surface area (Å²) in [4.78, 5) is 18.6. The monoisotopic (exact) mass is 368 g/mol. The number of piperidine rings is 1. The lowest BCUT2D eigenvalue weighted by molar-refractivity contribution is -0.00225. The maximum atomic E-state index is 12.6. The van der Waals surface area contributed by atoms with Crippen LogP contribution in [0.1, 0.15) is 48.7 Å². The van der Waals surface area contributed by atoms with Crippen molar-refractivity contribution in [1.82, 2.24) is 9.88 Å². The summed E-state index contributed by atoms with van der Waals surface area (Å²) in [6, 6.07) is 9.03. The Morgan fingerprint density at radius 2 is 2.11 bits per heavy atom. The molecule has 1 saturated heterocycles. The summed E-state index contributed by atoms with van der Waals surface area (Å²) in [5.74, 6) is 5.90. The second-order valence-corrected chi connectivity index (χ2v) is 7.10. The van der Waals surface area contributed by atoms with E-state index in [9.17, 15) is 9.90 Å². The quantitative estimate of drug-likeness (QED) is 0.840. The van der Waals surface area contributed by atoms with Crippen molar-refractivity contribution in [3.63, 3.8) is 0 Å². The summed E-state index contributed by atoms with van der Waals surface area (Å²) in [5, 5.41) is 9.63. The summed E-state index contributed by atoms with van der Waals surface area (Å²) < 4.78 is 11.4. The van der Waals surface area contributed by atoms with Gasteiger partial charge in [-0.3, -0.25) is 9.78 Å². The molecule has 3 rings (SSSR count). The molecule has 6 nitrogen and oxygen atoms in total. The molecule has 0 bridgehead atoms. The summed E-state index contributed by atoms with van der Waals surface area (Å²) in [6.07, 6.45) is 3.44. The standard InChI is InChI=1S/C21H24N2O4/c1-21(2,25)11-8-18-6-7-19(27-18)20(24)23-13-9-17(10-14-23)26-15-16-5-3-4-12-22-16/h3-7,12,17,25H,9-10,13-15H2,1-2H3. The number of hydrogen-bond acceptors (Lipinski definition) is 5. The summed E-state index contributed by atoms with van der Waals surface area (Å²) in [7, 11) is 0. The summed E-state index contributed by atoms with van der Waals surface area (Å²) in [6.45, 7) is 4.92. The number of ether oxygens (including phenoxy) is 1. The summed E-state index contributed by atoms with van der Waals surface area (Å²) in [5.41, 5.74) is -0.194. The first-order chi connectivity index (χ1) is 12.9. The molecule has 0 aromatic carbocycles. The van der Waals surface area contributed by atoms with E-state index in [-0.39, 0.29) is 17.8 Å². The highest BCUT2D eigenvalue weighted by Gasteiger charge is 2.26. The Labute approximate surface area is 159 Å². The number of aromatic nitrogens is 1. The number of furan rings is 1. The van der Waals surface area contributed by atoms with Crippen LogP contribution in [0.25, 0.3) is 0 Å². The maximum absolute atomic E-state index is 12.6. The van der Waals surface area contributed by atoms with Crippen LogP contribution < -0.4 is 0 Å². The molecule has 0 unspecified atom stereocenters. The zero-order valence-corrected chi connectivity index (χ0v) is 15.6. The van der Waals surface area contributed by atoms with Gasteiger partial charge in [0.25, 0.3) is 5.91 Å². The molecule has 0 saturated carbocycles. The average Bonchev–Trinajstić information content (AvgIpc) is 3.14. The predicted octanol–water partition coefficient (Wildman–Crippen LogP) is 2.62. The van der Waals surface area contributed by atoms with E-state index < -0.39 is 5.60 Å². The highest BCUT2D eigenvalue weighted by molar-refractivity contribution is 5.91. The third kappa shape index (κ3) is 5.68. The van der Waals surface area contributed by atoms with Crippen LogP contribution in [0.5, 0.6) is 0 Å². The number of carbonyl (C=O) groups excluding carboxylic acids is 1. The topological polar surface area (TPSA) is 75.8 Å². The first-order valence-electron chi connectivity index (χ1n) is 9.07. The Bertz CT molecular complexity index is 819. The van der Waals surface area contributed by atoms with Crippen LogP contribution >= 0.6 is 0 Å². The van der Waals surface area contributed by atoms with Crippen LogP contribution in [0.15, 0.2) is 40.9 Å². The molecule has 3 heterocycles. The van der Waals surface area contributed by atoms with E-state index in [1.165, 1.54) is 0 Å². The molecule has 0 atom stereocenters. The van der Waals surface area contributed by atoms with Crippen LogP contribution in [0.4, 0.5) is 0 Å². The number of rotatable bonds is 4. The van der Waals surface area contributed by atoms with Gasteiger partial charge in [-0.2, -0.15) is 0 Å². The first-order valence-corrected chi connectivity index (χ1v) is 9.07. The van der Waals surface area contributed by atoms with Gasteiger partial charge < -0.3 is 19.2 Å². The van der Waals surface area contributed by atoms with Crippen molar-refractivity contribution in [3.05, 3.63) is 53.7 Å². The molecule has 2 aromatic heterocycles. The Morgan fingerprint density at radius 1 is 1.33 bits per heavy atom. The third-order valence-electron chi connectivity index (χ3n) is 4.23. The van der Waals surface area contributed by atoms with Crippen LogP contribution in [0.2, 0.25) is 0 Å². The first kappa shape index (κ1) is 19.2. The van der Waals surface area contributed by atoms with Crippen molar-refractivity contribution in [2.75, 3.05) is 13.1 Å². The molecule has 1 fully saturated rings. The fourth-order valence-electron chi connectivity index (χ4n) is 2.80. The van der Waals surface area contributed by atoms with Crippen molar-refractivity contribution in [1.29, 1.82) is 0 Å². The largest absolute Gasteiger partial charge is 0.443 e. The number of nitrogens with zero attached hydrogens (tertiary/aromatic N) is 2. The molecule has 27 heavy (non-hydrogen) atoms. The van der Waals surface area contributed by atoms with Crippen molar-refractivity contribution in [2.24, 2.45) is 0 Å². The number of hydrogen-bond donors (Lipinski definition) is 1. The van der Waals surface area contributed by atoms with Gasteiger partial charge in [-0.1, -0.05) is 12.0 Å². The lowest BCUT2D eigenvalue weighted by atomic mass is 10.1. The Morgan fingerprint density at radius 3 is 2.78 bits per heavy atom. The number of pyridine rings is 1. The van der Waals surface area contributed by atoms with Crippen molar-refractivity contribution in [3.8, 4) is 11.8 Å². The second-order valence-electron chi connectivity index (χ2n) is 7.10. The number of aliphatic hydroxyl groups is 1. The Hall–Kier alpha value is -2.62. The number of amides is 1. The normalized spacial score (nSPS) is 15.3. The van der Waals surface area contributed by atoms with E-state index in [1.54, 1.807) is 37.1 Å². The van der Waals surface area contributed by atoms with E-state index in [2.05, 4.69) is 16.8 Å². The molecule has 0 radical (unpaired) electrons. The molecule has 1 amide bonds. The highest BCUT2D eigenvalue weighted by Crippen LogP contribution is 2.18. The number of carbonyl (C=O) groups is 1. The van der Waals surface area contributed by atoms with Gasteiger partial charge in [0.2, 0.25) is 0 Å². The van der Waals surface area contributed by atoms with Crippen LogP contribution in [-0.4, -0.2) is 45.7 Å². The lowest BCUT2D eigenvalue weighted by Crippen LogP contribution is -2.40. The van der Waals surface area contributed by atoms with E-state index >= 15 is 0 Å². The lowest BCUT2D eigenvalue weighted by Gasteiger charge is -2.31. The van der Waals surface area contributed by atoms with Gasteiger partial charge in [0.1, 0.15) is 5.60 Å². The second kappa shape index (κ2) is 8.38. The SMILES string of the molecule is CC(C)(O)C#Cc1ccc(C(=O)N2CCC(OCc3ccccn3)CC2)o1. The van der Waals surface area contributed by atoms with Gasteiger partial charge in [-0.15, -0.1) is 0 Å². The van der Waals surface area contributed by atoms with Crippen LogP contribution in [-0.2, 0) is 11.3 Å². The molecule has 6 heteroatoms. The van der Waals surface area contributed by atoms with Gasteiger partial charge in [-0.25, -0.2) is 0 Å². The zero-order valence-electron chi connectivity index (χ0n) is 15.6. The van der Waals surface area contributed by atoms with Crippen molar-refractivity contribution >= 4 is 5.91 Å². The highest BCUT2D eigenvalue weighted by atomic mass is 16.5. The summed E-state index contributed by atoms with van der Waals surface area (Å²) >= 11 is 0. The van der Waals surface area contributed by atoms with Crippen LogP contribution in [0, 0.1) is 11.8 Å². The zero-order chi connectivity index (χ0) is 19.3. The van der Waals surface area contributed by atoms with E-state index in [4.69, 9.17) is 9.15 Å². The van der Waals surface area contributed by atoms with Gasteiger partial charge in [0.15, 0.2) is 11.5 Å². The van der Waals surface area contributed by atoms with E-state index in [0.717, 1.165) is 18.5 Å². The average molecular weight is 368 g/mol. The molecule has 1 N–H and O–H groups in total. The van der Waals surface area contributed by atoms with Gasteiger partial charge in [0, 0.05) is 19.3 Å². The van der Waals surface area contributed by atoms with Gasteiger partial charge in [0.05, 0.1) is 18.4 Å². The smallest absolute Gasteiger partial charge is 0.289 e. The van der Waals surface area contributed by atoms with Crippen LogP contribution in [0.3, 0.4) is 0 Å². The minimum Gasteiger partial charge on any atom is -0.443 e. The molecule has 2 aromatic rings. The van der Waals surface area contributed by atoms with E-state index in [0.29, 0.717) is 25.5 Å². The minimum atomic E-state index is -1.10. The number of likely N-dealkylation sites (tertiary alicyclic amines) is 1.